The van der Waals surface area contributed by atoms with Crippen molar-refractivity contribution in [3.05, 3.63) is 18.5 Å². The van der Waals surface area contributed by atoms with Gasteiger partial charge in [-0.25, -0.2) is 13.1 Å². The summed E-state index contributed by atoms with van der Waals surface area (Å²) in [5.41, 5.74) is -0.526. The Balaban J connectivity index is 3.08. The molecular weight excluding hydrogens is 228 g/mol. The van der Waals surface area contributed by atoms with Crippen LogP contribution in [0.25, 0.3) is 0 Å². The van der Waals surface area contributed by atoms with E-state index in [1.54, 1.807) is 20.8 Å². The fourth-order valence-electron chi connectivity index (χ4n) is 1.12. The molecule has 16 heavy (non-hydrogen) atoms. The van der Waals surface area contributed by atoms with Crippen molar-refractivity contribution in [3.63, 3.8) is 0 Å². The normalized spacial score (nSPS) is 12.5. The number of ether oxygens (including phenoxy) is 1. The van der Waals surface area contributed by atoms with Crippen molar-refractivity contribution < 1.29 is 13.2 Å². The second-order valence-electron chi connectivity index (χ2n) is 4.42. The van der Waals surface area contributed by atoms with Gasteiger partial charge >= 0.3 is 0 Å². The van der Waals surface area contributed by atoms with Crippen LogP contribution in [0.15, 0.2) is 23.4 Å². The number of sulfonamides is 1. The van der Waals surface area contributed by atoms with Gasteiger partial charge in [-0.15, -0.1) is 0 Å². The highest BCUT2D eigenvalue weighted by atomic mass is 32.2. The molecule has 0 spiro atoms. The van der Waals surface area contributed by atoms with Crippen molar-refractivity contribution in [2.24, 2.45) is 0 Å². The van der Waals surface area contributed by atoms with E-state index in [0.717, 1.165) is 0 Å². The van der Waals surface area contributed by atoms with E-state index in [-0.39, 0.29) is 4.90 Å². The number of nitrogens with zero attached hydrogens (tertiary/aromatic N) is 1. The lowest BCUT2D eigenvalue weighted by atomic mass is 10.1. The predicted molar refractivity (Wildman–Crippen MR) is 60.9 cm³/mol. The first-order chi connectivity index (χ1) is 7.24. The predicted octanol–water partition coefficient (Wildman–Crippen LogP) is 1.17. The summed E-state index contributed by atoms with van der Waals surface area (Å²) in [7, 11) is -2.08. The van der Waals surface area contributed by atoms with Crippen molar-refractivity contribution in [3.8, 4) is 5.75 Å². The molecule has 1 heterocycles. The molecule has 0 radical (unpaired) electrons. The molecule has 0 unspecified atom stereocenters. The number of pyridine rings is 1. The van der Waals surface area contributed by atoms with E-state index in [2.05, 4.69) is 9.71 Å². The molecule has 0 aliphatic rings. The van der Waals surface area contributed by atoms with E-state index >= 15 is 0 Å². The molecule has 5 nitrogen and oxygen atoms in total. The van der Waals surface area contributed by atoms with Gasteiger partial charge < -0.3 is 4.74 Å². The summed E-state index contributed by atoms with van der Waals surface area (Å²) in [6.07, 6.45) is 2.74. The Kier molecular flexibility index (Phi) is 3.54. The Hall–Kier alpha value is -1.14. The fourth-order valence-corrected chi connectivity index (χ4v) is 2.51. The molecule has 1 rings (SSSR count). The van der Waals surface area contributed by atoms with Gasteiger partial charge in [0.2, 0.25) is 10.0 Å². The molecule has 0 aromatic carbocycles. The molecule has 0 bridgehead atoms. The van der Waals surface area contributed by atoms with Crippen LogP contribution >= 0.6 is 0 Å². The second kappa shape index (κ2) is 4.39. The maximum atomic E-state index is 11.9. The Morgan fingerprint density at radius 2 is 1.94 bits per heavy atom. The molecule has 0 atom stereocenters. The number of aromatic nitrogens is 1. The van der Waals surface area contributed by atoms with Gasteiger partial charge in [0.15, 0.2) is 0 Å². The standard InChI is InChI=1S/C10H16N2O3S/c1-10(2,3)12-16(13,14)9-5-8(15-4)6-11-7-9/h5-7,12H,1-4H3. The average molecular weight is 244 g/mol. The third-order valence-electron chi connectivity index (χ3n) is 1.67. The van der Waals surface area contributed by atoms with Gasteiger partial charge in [0.05, 0.1) is 13.3 Å². The van der Waals surface area contributed by atoms with Gasteiger partial charge in [0.25, 0.3) is 0 Å². The van der Waals surface area contributed by atoms with Crippen LogP contribution in [0.4, 0.5) is 0 Å². The van der Waals surface area contributed by atoms with Gasteiger partial charge in [-0.2, -0.15) is 0 Å². The number of hydrogen-bond donors (Lipinski definition) is 1. The second-order valence-corrected chi connectivity index (χ2v) is 6.10. The average Bonchev–Trinajstić information content (AvgIpc) is 2.14. The highest BCUT2D eigenvalue weighted by Crippen LogP contribution is 2.16. The molecule has 0 saturated heterocycles. The summed E-state index contributed by atoms with van der Waals surface area (Å²) in [4.78, 5) is 3.91. The molecule has 0 aliphatic heterocycles. The monoisotopic (exact) mass is 244 g/mol. The highest BCUT2D eigenvalue weighted by molar-refractivity contribution is 7.89. The third-order valence-corrected chi connectivity index (χ3v) is 3.40. The highest BCUT2D eigenvalue weighted by Gasteiger charge is 2.22. The molecule has 90 valence electrons. The van der Waals surface area contributed by atoms with E-state index in [9.17, 15) is 8.42 Å². The van der Waals surface area contributed by atoms with Crippen LogP contribution in [0.3, 0.4) is 0 Å². The molecule has 1 aromatic rings. The number of nitrogens with one attached hydrogen (secondary N) is 1. The van der Waals surface area contributed by atoms with E-state index in [1.807, 2.05) is 0 Å². The van der Waals surface area contributed by atoms with Crippen molar-refractivity contribution in [2.45, 2.75) is 31.2 Å². The van der Waals surface area contributed by atoms with Gasteiger partial charge in [-0.1, -0.05) is 0 Å². The molecular formula is C10H16N2O3S. The van der Waals surface area contributed by atoms with Crippen LogP contribution in [0, 0.1) is 0 Å². The lowest BCUT2D eigenvalue weighted by molar-refractivity contribution is 0.411. The summed E-state index contributed by atoms with van der Waals surface area (Å²) < 4.78 is 31.3. The van der Waals surface area contributed by atoms with Crippen molar-refractivity contribution in [1.82, 2.24) is 9.71 Å². The molecule has 1 aromatic heterocycles. The minimum atomic E-state index is -3.54. The van der Waals surface area contributed by atoms with Gasteiger partial charge in [0, 0.05) is 17.8 Å². The van der Waals surface area contributed by atoms with Gasteiger partial charge in [-0.05, 0) is 20.8 Å². The van der Waals surface area contributed by atoms with Crippen LogP contribution in [0.1, 0.15) is 20.8 Å². The van der Waals surface area contributed by atoms with E-state index < -0.39 is 15.6 Å². The van der Waals surface area contributed by atoms with Crippen LogP contribution in [0.5, 0.6) is 5.75 Å². The first-order valence-corrected chi connectivity index (χ1v) is 6.26. The van der Waals surface area contributed by atoms with Crippen LogP contribution in [-0.4, -0.2) is 26.1 Å². The quantitative estimate of drug-likeness (QED) is 0.866. The molecule has 6 heteroatoms. The molecule has 0 fully saturated rings. The largest absolute Gasteiger partial charge is 0.495 e. The summed E-state index contributed by atoms with van der Waals surface area (Å²) in [5, 5.41) is 0. The maximum Gasteiger partial charge on any atom is 0.242 e. The number of methoxy groups -OCH3 is 1. The lowest BCUT2D eigenvalue weighted by Gasteiger charge is -2.20. The van der Waals surface area contributed by atoms with Crippen LogP contribution in [-0.2, 0) is 10.0 Å². The summed E-state index contributed by atoms with van der Waals surface area (Å²) in [5.74, 6) is 0.414. The van der Waals surface area contributed by atoms with E-state index in [1.165, 1.54) is 25.6 Å². The fraction of sp³-hybridized carbons (Fsp3) is 0.500. The Bertz CT molecular complexity index is 463. The summed E-state index contributed by atoms with van der Waals surface area (Å²) in [6, 6.07) is 1.43. The molecule has 0 saturated carbocycles. The molecule has 1 N–H and O–H groups in total. The van der Waals surface area contributed by atoms with E-state index in [4.69, 9.17) is 4.74 Å². The number of rotatable bonds is 3. The van der Waals surface area contributed by atoms with Crippen molar-refractivity contribution in [1.29, 1.82) is 0 Å². The summed E-state index contributed by atoms with van der Waals surface area (Å²) in [6.45, 7) is 5.33. The zero-order valence-electron chi connectivity index (χ0n) is 9.81. The Morgan fingerprint density at radius 3 is 2.44 bits per heavy atom. The molecule has 0 amide bonds. The lowest BCUT2D eigenvalue weighted by Crippen LogP contribution is -2.40. The molecule has 0 aliphatic carbocycles. The Labute approximate surface area is 95.9 Å². The summed E-state index contributed by atoms with van der Waals surface area (Å²) >= 11 is 0. The minimum Gasteiger partial charge on any atom is -0.495 e. The van der Waals surface area contributed by atoms with Crippen LogP contribution in [0.2, 0.25) is 0 Å². The zero-order chi connectivity index (χ0) is 12.4. The minimum absolute atomic E-state index is 0.0989. The van der Waals surface area contributed by atoms with Crippen LogP contribution < -0.4 is 9.46 Å². The third kappa shape index (κ3) is 3.46. The van der Waals surface area contributed by atoms with Crippen molar-refractivity contribution >= 4 is 10.0 Å². The first kappa shape index (κ1) is 12.9. The van der Waals surface area contributed by atoms with Gasteiger partial charge in [-0.3, -0.25) is 4.98 Å². The smallest absolute Gasteiger partial charge is 0.242 e. The first-order valence-electron chi connectivity index (χ1n) is 4.78. The van der Waals surface area contributed by atoms with E-state index in [0.29, 0.717) is 5.75 Å². The number of hydrogen-bond acceptors (Lipinski definition) is 4. The SMILES string of the molecule is COc1cncc(S(=O)(=O)NC(C)(C)C)c1. The zero-order valence-corrected chi connectivity index (χ0v) is 10.6. The van der Waals surface area contributed by atoms with Crippen molar-refractivity contribution in [2.75, 3.05) is 7.11 Å². The van der Waals surface area contributed by atoms with Gasteiger partial charge in [0.1, 0.15) is 10.6 Å². The topological polar surface area (TPSA) is 68.3 Å². The maximum absolute atomic E-state index is 11.9. The Morgan fingerprint density at radius 1 is 1.31 bits per heavy atom.